The largest absolute Gasteiger partial charge is 0.380 e. The van der Waals surface area contributed by atoms with E-state index in [0.29, 0.717) is 0 Å². The molecule has 3 saturated heterocycles. The van der Waals surface area contributed by atoms with Crippen LogP contribution in [-0.2, 0) is 9.47 Å². The minimum Gasteiger partial charge on any atom is -0.380 e. The van der Waals surface area contributed by atoms with Crippen LogP contribution < -0.4 is 0 Å². The van der Waals surface area contributed by atoms with Crippen LogP contribution in [0.1, 0.15) is 12.8 Å². The maximum absolute atomic E-state index is 5.78. The molecule has 18 heavy (non-hydrogen) atoms. The van der Waals surface area contributed by atoms with Gasteiger partial charge >= 0.3 is 0 Å². The van der Waals surface area contributed by atoms with E-state index in [-0.39, 0.29) is 0 Å². The Morgan fingerprint density at radius 3 is 1.83 bits per heavy atom. The molecule has 0 bridgehead atoms. The Hall–Kier alpha value is 0.970. The summed E-state index contributed by atoms with van der Waals surface area (Å²) in [6.45, 7) is 3.91. The maximum atomic E-state index is 5.78. The van der Waals surface area contributed by atoms with Crippen molar-refractivity contribution in [2.75, 3.05) is 43.7 Å². The summed E-state index contributed by atoms with van der Waals surface area (Å²) < 4.78 is 11.6. The molecule has 0 aromatic heterocycles. The molecule has 5 heteroatoms. The Kier molecular flexibility index (Phi) is 5.51. The monoisotopic (exact) mass is 306 g/mol. The zero-order chi connectivity index (χ0) is 12.2. The van der Waals surface area contributed by atoms with E-state index in [2.05, 4.69) is 11.8 Å². The zero-order valence-electron chi connectivity index (χ0n) is 10.7. The second-order valence-corrected chi connectivity index (χ2v) is 9.38. The average Bonchev–Trinajstić information content (AvgIpc) is 3.25. The Morgan fingerprint density at radius 2 is 1.28 bits per heavy atom. The molecule has 0 amide bonds. The first-order chi connectivity index (χ1) is 8.90. The first-order valence-electron chi connectivity index (χ1n) is 6.90. The average molecular weight is 307 g/mol. The second kappa shape index (κ2) is 7.11. The number of hydrogen-bond acceptors (Lipinski definition) is 5. The van der Waals surface area contributed by atoms with E-state index in [0.717, 1.165) is 48.1 Å². The third-order valence-corrected chi connectivity index (χ3v) is 6.92. The molecule has 3 aliphatic rings. The molecule has 3 fully saturated rings. The van der Waals surface area contributed by atoms with Crippen molar-refractivity contribution in [3.63, 3.8) is 0 Å². The molecular weight excluding hydrogens is 284 g/mol. The molecule has 3 heterocycles. The van der Waals surface area contributed by atoms with Crippen LogP contribution in [0.2, 0.25) is 0 Å². The van der Waals surface area contributed by atoms with Crippen molar-refractivity contribution in [2.24, 2.45) is 5.92 Å². The Morgan fingerprint density at radius 1 is 0.667 bits per heavy atom. The van der Waals surface area contributed by atoms with E-state index < -0.39 is 0 Å². The third kappa shape index (κ3) is 5.16. The van der Waals surface area contributed by atoms with E-state index >= 15 is 0 Å². The smallest absolute Gasteiger partial charge is 0.0593 e. The summed E-state index contributed by atoms with van der Waals surface area (Å²) in [5.41, 5.74) is 0. The number of ether oxygens (including phenoxy) is 2. The summed E-state index contributed by atoms with van der Waals surface area (Å²) >= 11 is 6.15. The van der Waals surface area contributed by atoms with E-state index in [4.69, 9.17) is 9.47 Å². The Bertz CT molecular complexity index is 223. The van der Waals surface area contributed by atoms with Crippen LogP contribution in [0.3, 0.4) is 0 Å². The van der Waals surface area contributed by atoms with Crippen LogP contribution in [0, 0.1) is 5.92 Å². The van der Waals surface area contributed by atoms with Crippen LogP contribution in [0.25, 0.3) is 0 Å². The molecule has 3 aliphatic heterocycles. The molecular formula is C13H22O2S3. The summed E-state index contributed by atoms with van der Waals surface area (Å²) in [4.78, 5) is 0. The lowest BCUT2D eigenvalue weighted by Gasteiger charge is -2.27. The van der Waals surface area contributed by atoms with Crippen molar-refractivity contribution in [3.8, 4) is 0 Å². The van der Waals surface area contributed by atoms with E-state index in [9.17, 15) is 0 Å². The minimum absolute atomic E-state index is 0.740. The van der Waals surface area contributed by atoms with Crippen LogP contribution in [0.4, 0.5) is 0 Å². The molecule has 0 saturated carbocycles. The third-order valence-electron chi connectivity index (χ3n) is 3.53. The van der Waals surface area contributed by atoms with Gasteiger partial charge in [-0.15, -0.1) is 0 Å². The van der Waals surface area contributed by atoms with Crippen molar-refractivity contribution in [1.29, 1.82) is 0 Å². The molecule has 4 unspecified atom stereocenters. The standard InChI is InChI=1S/C13H22O2S3/c1-2-11(4-15-6-13-9-18-13)16-7-10(1)3-14-5-12-8-17-12/h10-13H,1-9H2. The van der Waals surface area contributed by atoms with Gasteiger partial charge in [0.2, 0.25) is 0 Å². The number of hydrogen-bond donors (Lipinski definition) is 0. The van der Waals surface area contributed by atoms with Crippen molar-refractivity contribution >= 4 is 35.3 Å². The molecule has 0 aromatic rings. The minimum atomic E-state index is 0.740. The highest BCUT2D eigenvalue weighted by atomic mass is 32.2. The molecule has 0 N–H and O–H groups in total. The zero-order valence-corrected chi connectivity index (χ0v) is 13.2. The highest BCUT2D eigenvalue weighted by Crippen LogP contribution is 2.33. The second-order valence-electron chi connectivity index (χ2n) is 5.38. The summed E-state index contributed by atoms with van der Waals surface area (Å²) in [6.07, 6.45) is 2.64. The van der Waals surface area contributed by atoms with Crippen molar-refractivity contribution in [2.45, 2.75) is 28.6 Å². The lowest BCUT2D eigenvalue weighted by molar-refractivity contribution is 0.103. The quantitative estimate of drug-likeness (QED) is 0.640. The maximum Gasteiger partial charge on any atom is 0.0593 e. The van der Waals surface area contributed by atoms with Crippen molar-refractivity contribution in [1.82, 2.24) is 0 Å². The molecule has 2 nitrogen and oxygen atoms in total. The normalized spacial score (nSPS) is 38.7. The topological polar surface area (TPSA) is 18.5 Å². The molecule has 4 atom stereocenters. The Labute approximate surface area is 123 Å². The summed E-state index contributed by atoms with van der Waals surface area (Å²) in [7, 11) is 0. The lowest BCUT2D eigenvalue weighted by atomic mass is 10.0. The fourth-order valence-corrected chi connectivity index (χ4v) is 4.30. The molecule has 0 aliphatic carbocycles. The Balaban J connectivity index is 1.21. The first-order valence-corrected chi connectivity index (χ1v) is 10.0. The number of rotatable bonds is 8. The fraction of sp³-hybridized carbons (Fsp3) is 1.00. The lowest BCUT2D eigenvalue weighted by Crippen LogP contribution is -2.25. The van der Waals surface area contributed by atoms with Crippen molar-refractivity contribution < 1.29 is 9.47 Å². The van der Waals surface area contributed by atoms with Crippen LogP contribution in [0.15, 0.2) is 0 Å². The predicted molar refractivity (Wildman–Crippen MR) is 83.1 cm³/mol. The van der Waals surface area contributed by atoms with Gasteiger partial charge < -0.3 is 9.47 Å². The number of thioether (sulfide) groups is 3. The molecule has 3 rings (SSSR count). The van der Waals surface area contributed by atoms with Gasteiger partial charge in [0.15, 0.2) is 0 Å². The van der Waals surface area contributed by atoms with Gasteiger partial charge in [-0.2, -0.15) is 35.3 Å². The SMILES string of the molecule is C1CC(COCC2CS2)SCC1COCC1CS1. The van der Waals surface area contributed by atoms with Gasteiger partial charge in [-0.3, -0.25) is 0 Å². The molecule has 0 aromatic carbocycles. The molecule has 0 radical (unpaired) electrons. The van der Waals surface area contributed by atoms with E-state index in [1.807, 2.05) is 23.5 Å². The van der Waals surface area contributed by atoms with Gasteiger partial charge in [-0.1, -0.05) is 0 Å². The highest BCUT2D eigenvalue weighted by molar-refractivity contribution is 8.07. The summed E-state index contributed by atoms with van der Waals surface area (Å²) in [5.74, 6) is 4.69. The highest BCUT2D eigenvalue weighted by Gasteiger charge is 2.26. The van der Waals surface area contributed by atoms with Gasteiger partial charge in [0, 0.05) is 27.3 Å². The van der Waals surface area contributed by atoms with Crippen LogP contribution in [-0.4, -0.2) is 59.4 Å². The molecule has 0 spiro atoms. The van der Waals surface area contributed by atoms with Crippen molar-refractivity contribution in [3.05, 3.63) is 0 Å². The summed E-state index contributed by atoms with van der Waals surface area (Å²) in [6, 6.07) is 0. The fourth-order valence-electron chi connectivity index (χ4n) is 2.15. The molecule has 104 valence electrons. The van der Waals surface area contributed by atoms with Gasteiger partial charge in [0.05, 0.1) is 26.4 Å². The van der Waals surface area contributed by atoms with E-state index in [1.54, 1.807) is 0 Å². The van der Waals surface area contributed by atoms with Crippen LogP contribution >= 0.6 is 35.3 Å². The van der Waals surface area contributed by atoms with E-state index in [1.165, 1.54) is 30.1 Å². The summed E-state index contributed by atoms with van der Waals surface area (Å²) in [5, 5.41) is 2.38. The predicted octanol–water partition coefficient (Wildman–Crippen LogP) is 2.76. The first kappa shape index (κ1) is 13.9. The van der Waals surface area contributed by atoms with Gasteiger partial charge in [-0.05, 0) is 24.5 Å². The van der Waals surface area contributed by atoms with Crippen LogP contribution in [0.5, 0.6) is 0 Å². The van der Waals surface area contributed by atoms with Gasteiger partial charge in [0.1, 0.15) is 0 Å². The van der Waals surface area contributed by atoms with Gasteiger partial charge in [-0.25, -0.2) is 0 Å². The van der Waals surface area contributed by atoms with Gasteiger partial charge in [0.25, 0.3) is 0 Å².